The number of methoxy groups -OCH3 is 1. The van der Waals surface area contributed by atoms with Crippen LogP contribution in [0, 0.1) is 5.92 Å². The minimum atomic E-state index is -0.305. The normalized spacial score (nSPS) is 21.6. The molecule has 1 amide bonds. The van der Waals surface area contributed by atoms with Crippen LogP contribution in [0.5, 0.6) is 5.75 Å². The van der Waals surface area contributed by atoms with Crippen LogP contribution in [0.2, 0.25) is 0 Å². The van der Waals surface area contributed by atoms with Crippen molar-refractivity contribution < 1.29 is 19.1 Å². The van der Waals surface area contributed by atoms with Gasteiger partial charge in [-0.15, -0.1) is 0 Å². The molecule has 0 saturated heterocycles. The Morgan fingerprint density at radius 1 is 1.48 bits per heavy atom. The van der Waals surface area contributed by atoms with Crippen molar-refractivity contribution in [3.8, 4) is 5.75 Å². The molecule has 0 radical (unpaired) electrons. The van der Waals surface area contributed by atoms with Gasteiger partial charge in [0.25, 0.3) is 5.91 Å². The lowest BCUT2D eigenvalue weighted by atomic mass is 10.1. The first-order chi connectivity index (χ1) is 10.2. The molecule has 112 valence electrons. The van der Waals surface area contributed by atoms with E-state index in [1.165, 1.54) is 0 Å². The number of amides is 1. The standard InChI is InChI=1S/C16H19NO4/c1-20-13-7-3-4-10-8-14(21-15(10)13)16(19)17-9-11-5-2-6-12(11)18/h3-4,7-8,11-12,18H,2,5-6,9H2,1H3,(H,17,19). The molecule has 0 aliphatic heterocycles. The van der Waals surface area contributed by atoms with Gasteiger partial charge in [0.2, 0.25) is 0 Å². The minimum Gasteiger partial charge on any atom is -0.493 e. The zero-order valence-corrected chi connectivity index (χ0v) is 12.0. The van der Waals surface area contributed by atoms with Gasteiger partial charge in [-0.2, -0.15) is 0 Å². The Labute approximate surface area is 122 Å². The van der Waals surface area contributed by atoms with Crippen molar-refractivity contribution in [3.63, 3.8) is 0 Å². The molecule has 0 bridgehead atoms. The Hall–Kier alpha value is -2.01. The Bertz CT molecular complexity index is 649. The van der Waals surface area contributed by atoms with Gasteiger partial charge < -0.3 is 19.6 Å². The topological polar surface area (TPSA) is 71.7 Å². The van der Waals surface area contributed by atoms with E-state index in [0.717, 1.165) is 24.6 Å². The number of carbonyl (C=O) groups excluding carboxylic acids is 1. The first-order valence-corrected chi connectivity index (χ1v) is 7.22. The number of fused-ring (bicyclic) bond motifs is 1. The van der Waals surface area contributed by atoms with Crippen LogP contribution in [-0.2, 0) is 0 Å². The summed E-state index contributed by atoms with van der Waals surface area (Å²) >= 11 is 0. The Kier molecular flexibility index (Phi) is 3.84. The highest BCUT2D eigenvalue weighted by Gasteiger charge is 2.26. The summed E-state index contributed by atoms with van der Waals surface area (Å²) in [4.78, 5) is 12.2. The summed E-state index contributed by atoms with van der Waals surface area (Å²) in [6, 6.07) is 7.23. The van der Waals surface area contributed by atoms with Gasteiger partial charge in [-0.1, -0.05) is 18.6 Å². The molecule has 2 atom stereocenters. The zero-order valence-electron chi connectivity index (χ0n) is 12.0. The zero-order chi connectivity index (χ0) is 14.8. The maximum Gasteiger partial charge on any atom is 0.287 e. The highest BCUT2D eigenvalue weighted by Crippen LogP contribution is 2.29. The molecule has 1 heterocycles. The van der Waals surface area contributed by atoms with Gasteiger partial charge in [-0.25, -0.2) is 0 Å². The molecular formula is C16H19NO4. The van der Waals surface area contributed by atoms with Crippen LogP contribution < -0.4 is 10.1 Å². The third-order valence-corrected chi connectivity index (χ3v) is 4.10. The highest BCUT2D eigenvalue weighted by atomic mass is 16.5. The molecule has 1 saturated carbocycles. The molecule has 1 aromatic heterocycles. The third kappa shape index (κ3) is 2.74. The van der Waals surface area contributed by atoms with Crippen LogP contribution in [0.15, 0.2) is 28.7 Å². The molecule has 2 N–H and O–H groups in total. The number of nitrogens with one attached hydrogen (secondary N) is 1. The number of hydrogen-bond donors (Lipinski definition) is 2. The second kappa shape index (κ2) is 5.77. The largest absolute Gasteiger partial charge is 0.493 e. The van der Waals surface area contributed by atoms with Crippen LogP contribution in [0.4, 0.5) is 0 Å². The molecule has 21 heavy (non-hydrogen) atoms. The number of rotatable bonds is 4. The second-order valence-corrected chi connectivity index (χ2v) is 5.46. The van der Waals surface area contributed by atoms with Gasteiger partial charge in [0.15, 0.2) is 17.1 Å². The summed E-state index contributed by atoms with van der Waals surface area (Å²) in [5, 5.41) is 13.4. The second-order valence-electron chi connectivity index (χ2n) is 5.46. The van der Waals surface area contributed by atoms with Crippen molar-refractivity contribution >= 4 is 16.9 Å². The third-order valence-electron chi connectivity index (χ3n) is 4.10. The maximum absolute atomic E-state index is 12.2. The summed E-state index contributed by atoms with van der Waals surface area (Å²) in [5.41, 5.74) is 0.575. The number of benzene rings is 1. The quantitative estimate of drug-likeness (QED) is 0.906. The molecular weight excluding hydrogens is 270 g/mol. The fraction of sp³-hybridized carbons (Fsp3) is 0.438. The van der Waals surface area contributed by atoms with E-state index in [0.29, 0.717) is 17.9 Å². The number of aliphatic hydroxyl groups excluding tert-OH is 1. The van der Waals surface area contributed by atoms with E-state index in [4.69, 9.17) is 9.15 Å². The highest BCUT2D eigenvalue weighted by molar-refractivity contribution is 5.97. The fourth-order valence-electron chi connectivity index (χ4n) is 2.88. The van der Waals surface area contributed by atoms with Gasteiger partial charge in [-0.3, -0.25) is 4.79 Å². The summed E-state index contributed by atoms with van der Waals surface area (Å²) < 4.78 is 10.8. The number of para-hydroxylation sites is 1. The molecule has 1 aliphatic rings. The molecule has 3 rings (SSSR count). The molecule has 1 aromatic carbocycles. The summed E-state index contributed by atoms with van der Waals surface area (Å²) in [7, 11) is 1.57. The van der Waals surface area contributed by atoms with Gasteiger partial charge >= 0.3 is 0 Å². The predicted octanol–water partition coefficient (Wildman–Crippen LogP) is 2.33. The average molecular weight is 289 g/mol. The van der Waals surface area contributed by atoms with E-state index >= 15 is 0 Å². The molecule has 5 heteroatoms. The van der Waals surface area contributed by atoms with Crippen LogP contribution in [-0.4, -0.2) is 30.8 Å². The number of aliphatic hydroxyl groups is 1. The van der Waals surface area contributed by atoms with E-state index in [1.54, 1.807) is 19.2 Å². The molecule has 5 nitrogen and oxygen atoms in total. The van der Waals surface area contributed by atoms with Gasteiger partial charge in [-0.05, 0) is 25.0 Å². The van der Waals surface area contributed by atoms with Crippen molar-refractivity contribution in [3.05, 3.63) is 30.0 Å². The van der Waals surface area contributed by atoms with E-state index in [1.807, 2.05) is 12.1 Å². The first-order valence-electron chi connectivity index (χ1n) is 7.22. The molecule has 2 aromatic rings. The predicted molar refractivity (Wildman–Crippen MR) is 78.4 cm³/mol. The van der Waals surface area contributed by atoms with E-state index < -0.39 is 0 Å². The SMILES string of the molecule is COc1cccc2cc(C(=O)NCC3CCCC3O)oc12. The molecule has 1 aliphatic carbocycles. The van der Waals surface area contributed by atoms with Crippen molar-refractivity contribution in [2.45, 2.75) is 25.4 Å². The van der Waals surface area contributed by atoms with Gasteiger partial charge in [0.1, 0.15) is 0 Å². The summed E-state index contributed by atoms with van der Waals surface area (Å²) in [6.45, 7) is 0.480. The van der Waals surface area contributed by atoms with Crippen molar-refractivity contribution in [2.24, 2.45) is 5.92 Å². The van der Waals surface area contributed by atoms with E-state index in [2.05, 4.69) is 5.32 Å². The van der Waals surface area contributed by atoms with Crippen molar-refractivity contribution in [1.82, 2.24) is 5.32 Å². The molecule has 0 spiro atoms. The smallest absolute Gasteiger partial charge is 0.287 e. The van der Waals surface area contributed by atoms with E-state index in [-0.39, 0.29) is 23.7 Å². The van der Waals surface area contributed by atoms with Gasteiger partial charge in [0, 0.05) is 17.8 Å². The fourth-order valence-corrected chi connectivity index (χ4v) is 2.88. The summed E-state index contributed by atoms with van der Waals surface area (Å²) in [5.74, 6) is 0.764. The summed E-state index contributed by atoms with van der Waals surface area (Å²) in [6.07, 6.45) is 2.49. The van der Waals surface area contributed by atoms with Crippen LogP contribution in [0.3, 0.4) is 0 Å². The van der Waals surface area contributed by atoms with Crippen LogP contribution in [0.25, 0.3) is 11.0 Å². The lowest BCUT2D eigenvalue weighted by molar-refractivity contribution is 0.0892. The van der Waals surface area contributed by atoms with Crippen LogP contribution >= 0.6 is 0 Å². The Balaban J connectivity index is 1.72. The van der Waals surface area contributed by atoms with Gasteiger partial charge in [0.05, 0.1) is 13.2 Å². The lowest BCUT2D eigenvalue weighted by Gasteiger charge is -2.14. The lowest BCUT2D eigenvalue weighted by Crippen LogP contribution is -2.32. The minimum absolute atomic E-state index is 0.146. The van der Waals surface area contributed by atoms with Crippen LogP contribution in [0.1, 0.15) is 29.8 Å². The number of furan rings is 1. The number of hydrogen-bond acceptors (Lipinski definition) is 4. The Morgan fingerprint density at radius 2 is 2.33 bits per heavy atom. The maximum atomic E-state index is 12.2. The van der Waals surface area contributed by atoms with E-state index in [9.17, 15) is 9.90 Å². The Morgan fingerprint density at radius 3 is 3.05 bits per heavy atom. The van der Waals surface area contributed by atoms with Crippen molar-refractivity contribution in [1.29, 1.82) is 0 Å². The average Bonchev–Trinajstić information content (AvgIpc) is 3.10. The molecule has 1 fully saturated rings. The molecule has 2 unspecified atom stereocenters. The number of ether oxygens (including phenoxy) is 1. The number of carbonyl (C=O) groups is 1. The monoisotopic (exact) mass is 289 g/mol. The first kappa shape index (κ1) is 13.9. The van der Waals surface area contributed by atoms with Crippen molar-refractivity contribution in [2.75, 3.05) is 13.7 Å².